The molecule has 1 rings (SSSR count). The van der Waals surface area contributed by atoms with E-state index in [1.54, 1.807) is 0 Å². The first-order chi connectivity index (χ1) is 5.86. The van der Waals surface area contributed by atoms with Crippen LogP contribution >= 0.6 is 25.3 Å². The van der Waals surface area contributed by atoms with Gasteiger partial charge in [-0.3, -0.25) is 0 Å². The Morgan fingerprint density at radius 3 is 1.33 bits per heavy atom. The minimum atomic E-state index is 0.985. The van der Waals surface area contributed by atoms with Crippen LogP contribution in [0.2, 0.25) is 0 Å². The summed E-state index contributed by atoms with van der Waals surface area (Å²) in [5.41, 5.74) is 0. The molecule has 0 aliphatic heterocycles. The van der Waals surface area contributed by atoms with Crippen LogP contribution in [-0.2, 0) is 0 Å². The lowest BCUT2D eigenvalue weighted by Crippen LogP contribution is -2.15. The number of thiol groups is 2. The molecule has 1 aliphatic rings. The number of hydrogen-bond donors (Lipinski definition) is 2. The van der Waals surface area contributed by atoms with Crippen molar-refractivity contribution in [3.8, 4) is 0 Å². The first kappa shape index (κ1) is 10.8. The normalized spacial score (nSPS) is 30.5. The van der Waals surface area contributed by atoms with Crippen LogP contribution in [0, 0.1) is 11.8 Å². The van der Waals surface area contributed by atoms with Crippen LogP contribution in [0.5, 0.6) is 0 Å². The van der Waals surface area contributed by atoms with Gasteiger partial charge in [-0.05, 0) is 36.2 Å². The topological polar surface area (TPSA) is 0 Å². The molecule has 0 nitrogen and oxygen atoms in total. The molecule has 0 atom stereocenters. The molecule has 2 heteroatoms. The van der Waals surface area contributed by atoms with E-state index in [1.165, 1.54) is 38.5 Å². The van der Waals surface area contributed by atoms with Crippen LogP contribution in [0.15, 0.2) is 0 Å². The molecular weight excluding hydrogens is 184 g/mol. The fourth-order valence-corrected chi connectivity index (χ4v) is 2.90. The van der Waals surface area contributed by atoms with E-state index in [0.717, 1.165) is 23.3 Å². The standard InChI is InChI=1S/C10H20S2/c11-7-5-9-1-2-10(4-3-9)6-8-12/h9-12H,1-8H2. The van der Waals surface area contributed by atoms with Crippen molar-refractivity contribution in [3.05, 3.63) is 0 Å². The van der Waals surface area contributed by atoms with E-state index in [-0.39, 0.29) is 0 Å². The Bertz CT molecular complexity index is 92.4. The van der Waals surface area contributed by atoms with Gasteiger partial charge in [0.2, 0.25) is 0 Å². The molecule has 0 aromatic heterocycles. The van der Waals surface area contributed by atoms with Crippen LogP contribution in [0.1, 0.15) is 38.5 Å². The molecule has 0 amide bonds. The maximum absolute atomic E-state index is 4.28. The summed E-state index contributed by atoms with van der Waals surface area (Å²) < 4.78 is 0. The predicted molar refractivity (Wildman–Crippen MR) is 62.4 cm³/mol. The van der Waals surface area contributed by atoms with E-state index in [9.17, 15) is 0 Å². The Balaban J connectivity index is 2.11. The highest BCUT2D eigenvalue weighted by Crippen LogP contribution is 2.32. The van der Waals surface area contributed by atoms with Crippen LogP contribution in [0.25, 0.3) is 0 Å². The average Bonchev–Trinajstić information content (AvgIpc) is 2.09. The number of hydrogen-bond acceptors (Lipinski definition) is 2. The molecule has 12 heavy (non-hydrogen) atoms. The van der Waals surface area contributed by atoms with E-state index in [0.29, 0.717) is 0 Å². The van der Waals surface area contributed by atoms with Gasteiger partial charge in [-0.1, -0.05) is 25.7 Å². The largest absolute Gasteiger partial charge is 0.179 e. The molecule has 0 bridgehead atoms. The van der Waals surface area contributed by atoms with Crippen molar-refractivity contribution in [1.29, 1.82) is 0 Å². The summed E-state index contributed by atoms with van der Waals surface area (Å²) in [6.07, 6.45) is 8.43. The Kier molecular flexibility index (Phi) is 5.57. The lowest BCUT2D eigenvalue weighted by Gasteiger charge is -2.27. The summed E-state index contributed by atoms with van der Waals surface area (Å²) in [5.74, 6) is 4.11. The minimum absolute atomic E-state index is 0.985. The maximum atomic E-state index is 4.28. The van der Waals surface area contributed by atoms with Crippen molar-refractivity contribution in [2.75, 3.05) is 11.5 Å². The Morgan fingerprint density at radius 1 is 0.750 bits per heavy atom. The summed E-state index contributed by atoms with van der Waals surface area (Å²) in [4.78, 5) is 0. The van der Waals surface area contributed by atoms with E-state index in [1.807, 2.05) is 0 Å². The van der Waals surface area contributed by atoms with Gasteiger partial charge in [-0.25, -0.2) is 0 Å². The van der Waals surface area contributed by atoms with Crippen LogP contribution < -0.4 is 0 Å². The zero-order valence-corrected chi connectivity index (χ0v) is 9.49. The smallest absolute Gasteiger partial charge is 0.00953 e. The van der Waals surface area contributed by atoms with Crippen LogP contribution in [-0.4, -0.2) is 11.5 Å². The monoisotopic (exact) mass is 204 g/mol. The summed E-state index contributed by atoms with van der Waals surface area (Å²) in [5, 5.41) is 0. The molecule has 72 valence electrons. The van der Waals surface area contributed by atoms with Crippen molar-refractivity contribution in [3.63, 3.8) is 0 Å². The molecule has 0 N–H and O–H groups in total. The average molecular weight is 204 g/mol. The Morgan fingerprint density at radius 2 is 1.08 bits per heavy atom. The van der Waals surface area contributed by atoms with E-state index in [2.05, 4.69) is 25.3 Å². The summed E-state index contributed by atoms with van der Waals surface area (Å²) in [6.45, 7) is 0. The molecule has 0 unspecified atom stereocenters. The quantitative estimate of drug-likeness (QED) is 0.644. The molecular formula is C10H20S2. The zero-order valence-electron chi connectivity index (χ0n) is 7.71. The summed E-state index contributed by atoms with van der Waals surface area (Å²) in [7, 11) is 0. The van der Waals surface area contributed by atoms with Gasteiger partial charge in [0, 0.05) is 0 Å². The second kappa shape index (κ2) is 6.20. The second-order valence-corrected chi connectivity index (χ2v) is 4.81. The molecule has 1 aliphatic carbocycles. The third kappa shape index (κ3) is 3.61. The van der Waals surface area contributed by atoms with E-state index < -0.39 is 0 Å². The SMILES string of the molecule is SCCC1CCC(CCS)CC1. The molecule has 0 radical (unpaired) electrons. The van der Waals surface area contributed by atoms with Crippen molar-refractivity contribution < 1.29 is 0 Å². The molecule has 0 saturated heterocycles. The van der Waals surface area contributed by atoms with Gasteiger partial charge >= 0.3 is 0 Å². The first-order valence-electron chi connectivity index (χ1n) is 5.08. The Labute approximate surface area is 87.3 Å². The van der Waals surface area contributed by atoms with E-state index >= 15 is 0 Å². The van der Waals surface area contributed by atoms with Crippen LogP contribution in [0.4, 0.5) is 0 Å². The molecule has 0 spiro atoms. The summed E-state index contributed by atoms with van der Waals surface area (Å²) in [6, 6.07) is 0. The van der Waals surface area contributed by atoms with E-state index in [4.69, 9.17) is 0 Å². The highest BCUT2D eigenvalue weighted by Gasteiger charge is 2.19. The maximum Gasteiger partial charge on any atom is -0.00953 e. The molecule has 1 saturated carbocycles. The predicted octanol–water partition coefficient (Wildman–Crippen LogP) is 3.43. The second-order valence-electron chi connectivity index (χ2n) is 3.91. The number of rotatable bonds is 4. The summed E-state index contributed by atoms with van der Waals surface area (Å²) >= 11 is 8.56. The van der Waals surface area contributed by atoms with Crippen molar-refractivity contribution in [2.24, 2.45) is 11.8 Å². The fraction of sp³-hybridized carbons (Fsp3) is 1.00. The molecule has 1 fully saturated rings. The molecule has 0 aromatic rings. The van der Waals surface area contributed by atoms with Crippen molar-refractivity contribution in [1.82, 2.24) is 0 Å². The third-order valence-corrected chi connectivity index (χ3v) is 3.56. The third-order valence-electron chi connectivity index (χ3n) is 3.04. The lowest BCUT2D eigenvalue weighted by molar-refractivity contribution is 0.267. The fourth-order valence-electron chi connectivity index (χ4n) is 2.17. The van der Waals surface area contributed by atoms with Gasteiger partial charge in [-0.15, -0.1) is 0 Å². The Hall–Kier alpha value is 0.700. The zero-order chi connectivity index (χ0) is 8.81. The molecule has 0 heterocycles. The van der Waals surface area contributed by atoms with Gasteiger partial charge in [-0.2, -0.15) is 25.3 Å². The lowest BCUT2D eigenvalue weighted by atomic mass is 9.80. The van der Waals surface area contributed by atoms with Gasteiger partial charge in [0.05, 0.1) is 0 Å². The molecule has 0 aromatic carbocycles. The van der Waals surface area contributed by atoms with Gasteiger partial charge in [0.15, 0.2) is 0 Å². The van der Waals surface area contributed by atoms with Gasteiger partial charge in [0.25, 0.3) is 0 Å². The first-order valence-corrected chi connectivity index (χ1v) is 6.35. The highest BCUT2D eigenvalue weighted by molar-refractivity contribution is 7.80. The van der Waals surface area contributed by atoms with Crippen LogP contribution in [0.3, 0.4) is 0 Å². The minimum Gasteiger partial charge on any atom is -0.179 e. The van der Waals surface area contributed by atoms with Crippen molar-refractivity contribution in [2.45, 2.75) is 38.5 Å². The van der Waals surface area contributed by atoms with Gasteiger partial charge < -0.3 is 0 Å². The highest BCUT2D eigenvalue weighted by atomic mass is 32.1. The van der Waals surface area contributed by atoms with Gasteiger partial charge in [0.1, 0.15) is 0 Å². The van der Waals surface area contributed by atoms with Crippen molar-refractivity contribution >= 4 is 25.3 Å².